The van der Waals surface area contributed by atoms with Gasteiger partial charge in [-0.05, 0) is 43.7 Å². The van der Waals surface area contributed by atoms with E-state index >= 15 is 0 Å². The van der Waals surface area contributed by atoms with Gasteiger partial charge in [0, 0.05) is 12.4 Å². The molecule has 0 aromatic heterocycles. The number of aryl methyl sites for hydroxylation is 2. The lowest BCUT2D eigenvalue weighted by Gasteiger charge is -2.18. The van der Waals surface area contributed by atoms with Crippen molar-refractivity contribution in [3.63, 3.8) is 0 Å². The maximum atomic E-state index is 12.5. The normalized spacial score (nSPS) is 13.6. The van der Waals surface area contributed by atoms with Crippen molar-refractivity contribution in [2.75, 3.05) is 11.8 Å². The molecule has 0 bridgehead atoms. The first kappa shape index (κ1) is 15.0. The molecule has 0 heterocycles. The van der Waals surface area contributed by atoms with Crippen LogP contribution in [0.5, 0.6) is 5.75 Å². The van der Waals surface area contributed by atoms with Crippen LogP contribution in [-0.4, -0.2) is 6.66 Å². The summed E-state index contributed by atoms with van der Waals surface area (Å²) in [5.74, 6) is 0.428. The maximum absolute atomic E-state index is 12.5. The van der Waals surface area contributed by atoms with Crippen molar-refractivity contribution in [1.82, 2.24) is 0 Å². The summed E-state index contributed by atoms with van der Waals surface area (Å²) in [5, 5.41) is 3.36. The molecule has 0 unspecified atom stereocenters. The van der Waals surface area contributed by atoms with E-state index in [2.05, 4.69) is 5.09 Å². The van der Waals surface area contributed by atoms with Crippen LogP contribution in [0.3, 0.4) is 0 Å². The van der Waals surface area contributed by atoms with Gasteiger partial charge in [-0.1, -0.05) is 35.4 Å². The van der Waals surface area contributed by atoms with Gasteiger partial charge in [-0.3, -0.25) is 4.57 Å². The van der Waals surface area contributed by atoms with Crippen molar-refractivity contribution in [3.05, 3.63) is 58.6 Å². The first-order chi connectivity index (χ1) is 9.35. The summed E-state index contributed by atoms with van der Waals surface area (Å²) in [6, 6.07) is 13.0. The molecule has 1 atom stereocenters. The smallest absolute Gasteiger partial charge is 0.338 e. The molecule has 2 aromatic carbocycles. The summed E-state index contributed by atoms with van der Waals surface area (Å²) in [6.45, 7) is 5.46. The predicted molar refractivity (Wildman–Crippen MR) is 85.1 cm³/mol. The Labute approximate surface area is 124 Å². The van der Waals surface area contributed by atoms with E-state index in [9.17, 15) is 4.57 Å². The molecule has 0 spiro atoms. The first-order valence-corrected chi connectivity index (χ1v) is 8.69. The molecule has 0 aliphatic heterocycles. The summed E-state index contributed by atoms with van der Waals surface area (Å²) in [5.41, 5.74) is 2.90. The summed E-state index contributed by atoms with van der Waals surface area (Å²) in [6.07, 6.45) is 0. The molecule has 0 amide bonds. The molecule has 5 heteroatoms. The van der Waals surface area contributed by atoms with Crippen LogP contribution in [0.25, 0.3) is 0 Å². The molecule has 0 aliphatic rings. The minimum atomic E-state index is -3.03. The molecule has 2 aromatic rings. The van der Waals surface area contributed by atoms with Crippen LogP contribution >= 0.6 is 19.1 Å². The van der Waals surface area contributed by atoms with E-state index in [1.807, 2.05) is 44.2 Å². The van der Waals surface area contributed by atoms with E-state index in [1.54, 1.807) is 12.1 Å². The van der Waals surface area contributed by atoms with Gasteiger partial charge in [-0.25, -0.2) is 0 Å². The third-order valence-corrected chi connectivity index (χ3v) is 4.26. The fourth-order valence-electron chi connectivity index (χ4n) is 1.75. The van der Waals surface area contributed by atoms with Crippen LogP contribution in [0, 0.1) is 13.8 Å². The van der Waals surface area contributed by atoms with Gasteiger partial charge in [0.15, 0.2) is 0 Å². The zero-order valence-corrected chi connectivity index (χ0v) is 13.3. The van der Waals surface area contributed by atoms with E-state index in [4.69, 9.17) is 16.1 Å². The fraction of sp³-hybridized carbons (Fsp3) is 0.200. The number of hydrogen-bond donors (Lipinski definition) is 1. The summed E-state index contributed by atoms with van der Waals surface area (Å²) >= 11 is 6.05. The molecular formula is C15H17ClNO2P. The Morgan fingerprint density at radius 1 is 1.05 bits per heavy atom. The van der Waals surface area contributed by atoms with Gasteiger partial charge >= 0.3 is 7.52 Å². The SMILES string of the molecule is Cc1ccc(N[P@](C)(=O)Oc2cc(C)ccc2Cl)cc1. The lowest BCUT2D eigenvalue weighted by molar-refractivity contribution is 0.493. The Hall–Kier alpha value is -1.44. The fourth-order valence-corrected chi connectivity index (χ4v) is 3.15. The highest BCUT2D eigenvalue weighted by atomic mass is 35.5. The third-order valence-electron chi connectivity index (χ3n) is 2.74. The van der Waals surface area contributed by atoms with Gasteiger partial charge < -0.3 is 9.61 Å². The summed E-state index contributed by atoms with van der Waals surface area (Å²) in [7, 11) is -3.03. The van der Waals surface area contributed by atoms with Gasteiger partial charge in [-0.2, -0.15) is 0 Å². The second-order valence-corrected chi connectivity index (χ2v) is 7.35. The van der Waals surface area contributed by atoms with Crippen LogP contribution < -0.4 is 9.61 Å². The Morgan fingerprint density at radius 2 is 1.65 bits per heavy atom. The van der Waals surface area contributed by atoms with Crippen molar-refractivity contribution in [2.24, 2.45) is 0 Å². The number of halogens is 1. The van der Waals surface area contributed by atoms with Gasteiger partial charge in [-0.15, -0.1) is 0 Å². The van der Waals surface area contributed by atoms with E-state index in [0.29, 0.717) is 10.8 Å². The molecule has 1 N–H and O–H groups in total. The van der Waals surface area contributed by atoms with E-state index < -0.39 is 7.52 Å². The quantitative estimate of drug-likeness (QED) is 0.782. The van der Waals surface area contributed by atoms with Crippen LogP contribution in [0.2, 0.25) is 5.02 Å². The Balaban J connectivity index is 2.16. The third kappa shape index (κ3) is 4.03. The zero-order chi connectivity index (χ0) is 14.8. The molecule has 2 rings (SSSR count). The number of anilines is 1. The summed E-state index contributed by atoms with van der Waals surface area (Å²) < 4.78 is 18.1. The lowest BCUT2D eigenvalue weighted by atomic mass is 10.2. The van der Waals surface area contributed by atoms with Crippen molar-refractivity contribution in [1.29, 1.82) is 0 Å². The second kappa shape index (κ2) is 5.90. The minimum absolute atomic E-state index is 0.428. The van der Waals surface area contributed by atoms with Gasteiger partial charge in [0.25, 0.3) is 0 Å². The van der Waals surface area contributed by atoms with Crippen molar-refractivity contribution < 1.29 is 9.09 Å². The second-order valence-electron chi connectivity index (χ2n) is 4.85. The van der Waals surface area contributed by atoms with Gasteiger partial charge in [0.05, 0.1) is 5.02 Å². The molecule has 3 nitrogen and oxygen atoms in total. The highest BCUT2D eigenvalue weighted by Crippen LogP contribution is 2.45. The highest BCUT2D eigenvalue weighted by Gasteiger charge is 2.19. The summed E-state index contributed by atoms with van der Waals surface area (Å²) in [4.78, 5) is 0. The first-order valence-electron chi connectivity index (χ1n) is 6.24. The molecular weight excluding hydrogens is 293 g/mol. The number of hydrogen-bond acceptors (Lipinski definition) is 2. The van der Waals surface area contributed by atoms with Crippen LogP contribution in [0.15, 0.2) is 42.5 Å². The predicted octanol–water partition coefficient (Wildman–Crippen LogP) is 5.27. The molecule has 0 radical (unpaired) electrons. The van der Waals surface area contributed by atoms with Crippen LogP contribution in [0.1, 0.15) is 11.1 Å². The monoisotopic (exact) mass is 309 g/mol. The zero-order valence-electron chi connectivity index (χ0n) is 11.7. The van der Waals surface area contributed by atoms with Crippen molar-refractivity contribution in [3.8, 4) is 5.75 Å². The highest BCUT2D eigenvalue weighted by molar-refractivity contribution is 7.60. The Bertz CT molecular complexity index is 655. The van der Waals surface area contributed by atoms with Crippen LogP contribution in [0.4, 0.5) is 5.69 Å². The van der Waals surface area contributed by atoms with Crippen LogP contribution in [-0.2, 0) is 4.57 Å². The number of rotatable bonds is 4. The van der Waals surface area contributed by atoms with E-state index in [1.165, 1.54) is 6.66 Å². The topological polar surface area (TPSA) is 38.3 Å². The molecule has 0 saturated heterocycles. The molecule has 0 fully saturated rings. The largest absolute Gasteiger partial charge is 0.427 e. The molecule has 0 saturated carbocycles. The standard InChI is InChI=1S/C15H17ClNO2P/c1-11-4-7-13(8-5-11)17-20(3,18)19-15-10-12(2)6-9-14(15)16/h4-10H,1-3H3,(H,17,18)/t20-/m1/s1. The minimum Gasteiger partial charge on any atom is -0.427 e. The number of nitrogens with one attached hydrogen (secondary N) is 1. The lowest BCUT2D eigenvalue weighted by Crippen LogP contribution is -2.02. The van der Waals surface area contributed by atoms with Crippen molar-refractivity contribution >= 4 is 24.8 Å². The average molecular weight is 310 g/mol. The van der Waals surface area contributed by atoms with E-state index in [-0.39, 0.29) is 0 Å². The van der Waals surface area contributed by atoms with Gasteiger partial charge in [0.1, 0.15) is 5.75 Å². The Kier molecular flexibility index (Phi) is 4.42. The molecule has 0 aliphatic carbocycles. The van der Waals surface area contributed by atoms with Gasteiger partial charge in [0.2, 0.25) is 0 Å². The average Bonchev–Trinajstić information content (AvgIpc) is 2.36. The number of benzene rings is 2. The van der Waals surface area contributed by atoms with Crippen molar-refractivity contribution in [2.45, 2.75) is 13.8 Å². The maximum Gasteiger partial charge on any atom is 0.338 e. The van der Waals surface area contributed by atoms with E-state index in [0.717, 1.165) is 16.8 Å². The Morgan fingerprint density at radius 3 is 2.30 bits per heavy atom. The molecule has 20 heavy (non-hydrogen) atoms. The molecule has 106 valence electrons.